The van der Waals surface area contributed by atoms with Crippen molar-refractivity contribution in [2.75, 3.05) is 19.1 Å². The first kappa shape index (κ1) is 18.5. The van der Waals surface area contributed by atoms with Crippen LogP contribution in [0.5, 0.6) is 5.75 Å². The van der Waals surface area contributed by atoms with Gasteiger partial charge in [0, 0.05) is 36.0 Å². The Bertz CT molecular complexity index is 887. The van der Waals surface area contributed by atoms with E-state index in [1.54, 1.807) is 13.2 Å². The van der Waals surface area contributed by atoms with E-state index in [4.69, 9.17) is 4.74 Å². The molecule has 0 aromatic heterocycles. The highest BCUT2D eigenvalue weighted by Crippen LogP contribution is 2.36. The summed E-state index contributed by atoms with van der Waals surface area (Å²) in [6, 6.07) is 18.6. The predicted molar refractivity (Wildman–Crippen MR) is 113 cm³/mol. The van der Waals surface area contributed by atoms with Crippen LogP contribution in [0.4, 0.5) is 5.69 Å². The largest absolute Gasteiger partial charge is 0.497 e. The molecular weight excluding hydrogens is 348 g/mol. The molecule has 2 aromatic carbocycles. The van der Waals surface area contributed by atoms with Gasteiger partial charge in [-0.3, -0.25) is 14.6 Å². The number of carbonyl (C=O) groups is 1. The molecule has 0 unspecified atom stereocenters. The van der Waals surface area contributed by atoms with Gasteiger partial charge in [0.05, 0.1) is 7.11 Å². The van der Waals surface area contributed by atoms with Crippen LogP contribution in [0.2, 0.25) is 0 Å². The highest BCUT2D eigenvalue weighted by molar-refractivity contribution is 6.06. The van der Waals surface area contributed by atoms with E-state index in [-0.39, 0.29) is 5.91 Å². The van der Waals surface area contributed by atoms with Crippen molar-refractivity contribution >= 4 is 17.7 Å². The lowest BCUT2D eigenvalue weighted by Gasteiger charge is -2.35. The van der Waals surface area contributed by atoms with Crippen LogP contribution >= 0.6 is 0 Å². The lowest BCUT2D eigenvalue weighted by atomic mass is 10.0. The summed E-state index contributed by atoms with van der Waals surface area (Å²) >= 11 is 0. The molecule has 4 rings (SSSR count). The molecule has 4 heteroatoms. The summed E-state index contributed by atoms with van der Waals surface area (Å²) in [5, 5.41) is 0. The molecule has 0 N–H and O–H groups in total. The molecule has 28 heavy (non-hydrogen) atoms. The van der Waals surface area contributed by atoms with Gasteiger partial charge in [0.25, 0.3) is 5.91 Å². The van der Waals surface area contributed by atoms with Crippen LogP contribution in [0.15, 0.2) is 72.4 Å². The van der Waals surface area contributed by atoms with Gasteiger partial charge in [-0.1, -0.05) is 30.3 Å². The van der Waals surface area contributed by atoms with E-state index in [1.807, 2.05) is 65.6 Å². The van der Waals surface area contributed by atoms with Crippen LogP contribution in [0.25, 0.3) is 6.08 Å². The Morgan fingerprint density at radius 3 is 2.54 bits per heavy atom. The monoisotopic (exact) mass is 374 g/mol. The van der Waals surface area contributed by atoms with Gasteiger partial charge in [-0.2, -0.15) is 0 Å². The van der Waals surface area contributed by atoms with E-state index in [1.165, 1.54) is 6.42 Å². The van der Waals surface area contributed by atoms with Crippen LogP contribution in [0, 0.1) is 0 Å². The zero-order chi connectivity index (χ0) is 19.5. The van der Waals surface area contributed by atoms with Crippen LogP contribution in [-0.4, -0.2) is 37.0 Å². The van der Waals surface area contributed by atoms with Gasteiger partial charge >= 0.3 is 0 Å². The molecular formula is C24H26N2O2. The van der Waals surface area contributed by atoms with Crippen molar-refractivity contribution in [2.45, 2.75) is 31.3 Å². The Hall–Kier alpha value is -2.85. The molecule has 2 bridgehead atoms. The molecule has 2 aromatic rings. The molecule has 2 atom stereocenters. The molecule has 0 aliphatic carbocycles. The molecule has 1 saturated heterocycles. The maximum atomic E-state index is 13.2. The van der Waals surface area contributed by atoms with Crippen LogP contribution in [0.1, 0.15) is 24.8 Å². The molecule has 1 fully saturated rings. The minimum atomic E-state index is -0.0239. The van der Waals surface area contributed by atoms with E-state index in [9.17, 15) is 4.79 Å². The van der Waals surface area contributed by atoms with Gasteiger partial charge in [-0.15, -0.1) is 0 Å². The number of hydrogen-bond acceptors (Lipinski definition) is 3. The van der Waals surface area contributed by atoms with Crippen LogP contribution in [0.3, 0.4) is 0 Å². The average molecular weight is 374 g/mol. The number of methoxy groups -OCH3 is 1. The number of anilines is 1. The van der Waals surface area contributed by atoms with Gasteiger partial charge in [0.2, 0.25) is 0 Å². The third kappa shape index (κ3) is 3.73. The van der Waals surface area contributed by atoms with E-state index in [0.29, 0.717) is 12.1 Å². The van der Waals surface area contributed by atoms with Gasteiger partial charge < -0.3 is 4.74 Å². The Balaban J connectivity index is 1.66. The molecule has 0 radical (unpaired) electrons. The molecule has 0 spiro atoms. The minimum absolute atomic E-state index is 0.0239. The lowest BCUT2D eigenvalue weighted by molar-refractivity contribution is -0.113. The van der Waals surface area contributed by atoms with Crippen molar-refractivity contribution in [3.63, 3.8) is 0 Å². The first-order valence-electron chi connectivity index (χ1n) is 9.79. The van der Waals surface area contributed by atoms with E-state index in [2.05, 4.69) is 18.0 Å². The summed E-state index contributed by atoms with van der Waals surface area (Å²) in [5.74, 6) is 0.762. The van der Waals surface area contributed by atoms with Crippen molar-refractivity contribution in [3.8, 4) is 5.75 Å². The van der Waals surface area contributed by atoms with Crippen molar-refractivity contribution in [2.24, 2.45) is 0 Å². The fourth-order valence-corrected chi connectivity index (χ4v) is 4.16. The quantitative estimate of drug-likeness (QED) is 0.723. The molecule has 4 nitrogen and oxygen atoms in total. The van der Waals surface area contributed by atoms with Crippen molar-refractivity contribution in [3.05, 3.63) is 78.0 Å². The van der Waals surface area contributed by atoms with Gasteiger partial charge in [0.15, 0.2) is 0 Å². The van der Waals surface area contributed by atoms with Crippen LogP contribution < -0.4 is 9.64 Å². The van der Waals surface area contributed by atoms with Gasteiger partial charge in [-0.25, -0.2) is 0 Å². The number of ether oxygens (including phenoxy) is 1. The van der Waals surface area contributed by atoms with E-state index in [0.717, 1.165) is 35.5 Å². The second-order valence-electron chi connectivity index (χ2n) is 7.44. The highest BCUT2D eigenvalue weighted by Gasteiger charge is 2.36. The van der Waals surface area contributed by atoms with Gasteiger partial charge in [0.1, 0.15) is 5.75 Å². The first-order valence-corrected chi connectivity index (χ1v) is 9.79. The number of fused-ring (bicyclic) bond motifs is 2. The third-order valence-corrected chi connectivity index (χ3v) is 5.78. The number of amides is 1. The smallest absolute Gasteiger partial charge is 0.255 e. The number of benzene rings is 2. The van der Waals surface area contributed by atoms with E-state index >= 15 is 0 Å². The average Bonchev–Trinajstić information content (AvgIpc) is 2.94. The standard InChI is InChI=1S/C24H26N2O2/c1-25-20-9-10-21(25)17-22(16-20)26(19-11-13-23(28-2)14-12-19)24(27)15-8-18-6-4-3-5-7-18/h3-8,11-16,20-21H,9-10,17H2,1-2H3/b15-8+/t20-,21-/m0/s1. The topological polar surface area (TPSA) is 32.8 Å². The molecule has 2 aliphatic rings. The Kier molecular flexibility index (Phi) is 5.31. The second-order valence-corrected chi connectivity index (χ2v) is 7.44. The van der Waals surface area contributed by atoms with E-state index < -0.39 is 0 Å². The normalized spacial score (nSPS) is 21.6. The summed E-state index contributed by atoms with van der Waals surface area (Å²) in [6.45, 7) is 0. The van der Waals surface area contributed by atoms with Crippen molar-refractivity contribution in [1.82, 2.24) is 4.90 Å². The Morgan fingerprint density at radius 2 is 1.86 bits per heavy atom. The maximum Gasteiger partial charge on any atom is 0.255 e. The summed E-state index contributed by atoms with van der Waals surface area (Å²) in [7, 11) is 3.84. The number of rotatable bonds is 5. The highest BCUT2D eigenvalue weighted by atomic mass is 16.5. The zero-order valence-corrected chi connectivity index (χ0v) is 16.4. The number of nitrogens with zero attached hydrogens (tertiary/aromatic N) is 2. The summed E-state index contributed by atoms with van der Waals surface area (Å²) < 4.78 is 5.28. The molecule has 2 heterocycles. The van der Waals surface area contributed by atoms with Crippen molar-refractivity contribution < 1.29 is 9.53 Å². The van der Waals surface area contributed by atoms with Crippen molar-refractivity contribution in [1.29, 1.82) is 0 Å². The Labute approximate surface area is 166 Å². The molecule has 144 valence electrons. The summed E-state index contributed by atoms with van der Waals surface area (Å²) in [5.41, 5.74) is 2.99. The number of hydrogen-bond donors (Lipinski definition) is 0. The Morgan fingerprint density at radius 1 is 1.11 bits per heavy atom. The fourth-order valence-electron chi connectivity index (χ4n) is 4.16. The lowest BCUT2D eigenvalue weighted by Crippen LogP contribution is -2.40. The molecule has 2 aliphatic heterocycles. The zero-order valence-electron chi connectivity index (χ0n) is 16.4. The molecule has 1 amide bonds. The first-order chi connectivity index (χ1) is 13.7. The maximum absolute atomic E-state index is 13.2. The molecule has 0 saturated carbocycles. The SMILES string of the molecule is COc1ccc(N(C(=O)/C=C/c2ccccc2)C2=C[C@@H]3CC[C@@H](C2)N3C)cc1. The summed E-state index contributed by atoms with van der Waals surface area (Å²) in [4.78, 5) is 17.5. The summed E-state index contributed by atoms with van der Waals surface area (Å²) in [6.07, 6.45) is 9.05. The fraction of sp³-hybridized carbons (Fsp3) is 0.292. The van der Waals surface area contributed by atoms with Crippen LogP contribution in [-0.2, 0) is 4.79 Å². The van der Waals surface area contributed by atoms with Gasteiger partial charge in [-0.05, 0) is 61.9 Å². The minimum Gasteiger partial charge on any atom is -0.497 e. The second kappa shape index (κ2) is 8.03. The number of likely N-dealkylation sites (N-methyl/N-ethyl adjacent to an activating group) is 1. The number of carbonyl (C=O) groups excluding carboxylic acids is 1. The third-order valence-electron chi connectivity index (χ3n) is 5.78. The predicted octanol–water partition coefficient (Wildman–Crippen LogP) is 4.49.